The van der Waals surface area contributed by atoms with Gasteiger partial charge in [0.1, 0.15) is 18.7 Å². The van der Waals surface area contributed by atoms with Gasteiger partial charge in [-0.25, -0.2) is 15.0 Å². The van der Waals surface area contributed by atoms with Gasteiger partial charge in [-0.05, 0) is 0 Å². The molecule has 0 spiro atoms. The second-order valence-electron chi connectivity index (χ2n) is 4.88. The fourth-order valence-electron chi connectivity index (χ4n) is 2.43. The third-order valence-corrected chi connectivity index (χ3v) is 3.49. The Bertz CT molecular complexity index is 618. The summed E-state index contributed by atoms with van der Waals surface area (Å²) in [5.41, 5.74) is 6.70. The SMILES string of the molecule is NCCNc1ncnc2c1ncn2[C@H]1CC(O)[C@@H](CO)O1. The molecule has 9 heteroatoms. The highest BCUT2D eigenvalue weighted by molar-refractivity contribution is 5.82. The Balaban J connectivity index is 1.90. The molecule has 0 aromatic carbocycles. The molecule has 1 fully saturated rings. The van der Waals surface area contributed by atoms with Crippen LogP contribution in [0.25, 0.3) is 11.2 Å². The molecule has 0 saturated carbocycles. The van der Waals surface area contributed by atoms with E-state index in [1.165, 1.54) is 6.33 Å². The van der Waals surface area contributed by atoms with Crippen LogP contribution in [-0.4, -0.2) is 61.6 Å². The molecule has 0 aliphatic carbocycles. The van der Waals surface area contributed by atoms with Crippen molar-refractivity contribution in [1.82, 2.24) is 19.5 Å². The Morgan fingerprint density at radius 2 is 2.29 bits per heavy atom. The summed E-state index contributed by atoms with van der Waals surface area (Å²) in [5.74, 6) is 0.612. The van der Waals surface area contributed by atoms with E-state index in [9.17, 15) is 5.11 Å². The summed E-state index contributed by atoms with van der Waals surface area (Å²) in [6.45, 7) is 0.856. The smallest absolute Gasteiger partial charge is 0.167 e. The molecule has 0 bridgehead atoms. The summed E-state index contributed by atoms with van der Waals surface area (Å²) in [4.78, 5) is 12.7. The van der Waals surface area contributed by atoms with Crippen molar-refractivity contribution in [1.29, 1.82) is 0 Å². The lowest BCUT2D eigenvalue weighted by Crippen LogP contribution is -2.24. The van der Waals surface area contributed by atoms with Gasteiger partial charge in [-0.15, -0.1) is 0 Å². The topological polar surface area (TPSA) is 131 Å². The number of aliphatic hydroxyl groups is 2. The van der Waals surface area contributed by atoms with Crippen LogP contribution >= 0.6 is 0 Å². The van der Waals surface area contributed by atoms with Crippen LogP contribution < -0.4 is 11.1 Å². The zero-order valence-electron chi connectivity index (χ0n) is 11.4. The molecule has 3 rings (SSSR count). The van der Waals surface area contributed by atoms with E-state index in [2.05, 4.69) is 20.3 Å². The van der Waals surface area contributed by atoms with Crippen molar-refractivity contribution in [2.24, 2.45) is 5.73 Å². The maximum absolute atomic E-state index is 9.82. The van der Waals surface area contributed by atoms with Crippen LogP contribution in [0.3, 0.4) is 0 Å². The standard InChI is InChI=1S/C12H18N6O3/c13-1-2-14-11-10-12(16-5-15-11)18(6-17-10)9-3-7(20)8(4-19)21-9/h5-9,19-20H,1-4,13H2,(H,14,15,16)/t7?,8-,9-/m1/s1. The zero-order chi connectivity index (χ0) is 14.8. The number of imidazole rings is 1. The number of nitrogens with two attached hydrogens (primary N) is 1. The van der Waals surface area contributed by atoms with E-state index in [1.807, 2.05) is 0 Å². The van der Waals surface area contributed by atoms with E-state index >= 15 is 0 Å². The number of anilines is 1. The number of ether oxygens (including phenoxy) is 1. The van der Waals surface area contributed by atoms with Gasteiger partial charge >= 0.3 is 0 Å². The number of nitrogens with one attached hydrogen (secondary N) is 1. The monoisotopic (exact) mass is 294 g/mol. The Morgan fingerprint density at radius 3 is 3.00 bits per heavy atom. The second-order valence-corrected chi connectivity index (χ2v) is 4.88. The second kappa shape index (κ2) is 5.90. The van der Waals surface area contributed by atoms with Crippen molar-refractivity contribution in [3.8, 4) is 0 Å². The first kappa shape index (κ1) is 14.1. The Morgan fingerprint density at radius 1 is 1.43 bits per heavy atom. The van der Waals surface area contributed by atoms with Crippen molar-refractivity contribution < 1.29 is 14.9 Å². The highest BCUT2D eigenvalue weighted by Crippen LogP contribution is 2.31. The first-order valence-corrected chi connectivity index (χ1v) is 6.80. The molecule has 114 valence electrons. The maximum Gasteiger partial charge on any atom is 0.167 e. The molecule has 9 nitrogen and oxygen atoms in total. The maximum atomic E-state index is 9.82. The molecule has 1 saturated heterocycles. The number of aliphatic hydroxyl groups excluding tert-OH is 2. The molecular formula is C12H18N6O3. The predicted octanol–water partition coefficient (Wildman–Crippen LogP) is -1.16. The van der Waals surface area contributed by atoms with Crippen LogP contribution in [0.2, 0.25) is 0 Å². The number of nitrogens with zero attached hydrogens (tertiary/aromatic N) is 4. The van der Waals surface area contributed by atoms with Crippen LogP contribution in [0.4, 0.5) is 5.82 Å². The fraction of sp³-hybridized carbons (Fsp3) is 0.583. The van der Waals surface area contributed by atoms with Crippen molar-refractivity contribution in [2.75, 3.05) is 25.0 Å². The van der Waals surface area contributed by atoms with Gasteiger partial charge in [-0.3, -0.25) is 4.57 Å². The number of aromatic nitrogens is 4. The summed E-state index contributed by atoms with van der Waals surface area (Å²) >= 11 is 0. The van der Waals surface area contributed by atoms with Gasteiger partial charge in [0.2, 0.25) is 0 Å². The van der Waals surface area contributed by atoms with Crippen molar-refractivity contribution in [3.05, 3.63) is 12.7 Å². The van der Waals surface area contributed by atoms with Crippen LogP contribution in [0, 0.1) is 0 Å². The molecule has 21 heavy (non-hydrogen) atoms. The minimum absolute atomic E-state index is 0.220. The van der Waals surface area contributed by atoms with Crippen LogP contribution in [-0.2, 0) is 4.74 Å². The summed E-state index contributed by atoms with van der Waals surface area (Å²) in [6.07, 6.45) is 1.74. The van der Waals surface area contributed by atoms with E-state index in [4.69, 9.17) is 15.6 Å². The molecule has 1 aliphatic rings. The van der Waals surface area contributed by atoms with Crippen LogP contribution in [0.15, 0.2) is 12.7 Å². The normalized spacial score (nSPS) is 25.6. The van der Waals surface area contributed by atoms with Gasteiger partial charge in [-0.2, -0.15) is 0 Å². The first-order chi connectivity index (χ1) is 10.2. The quantitative estimate of drug-likeness (QED) is 0.543. The predicted molar refractivity (Wildman–Crippen MR) is 74.5 cm³/mol. The number of hydrogen-bond acceptors (Lipinski definition) is 8. The first-order valence-electron chi connectivity index (χ1n) is 6.80. The third kappa shape index (κ3) is 2.56. The summed E-state index contributed by atoms with van der Waals surface area (Å²) < 4.78 is 7.36. The molecule has 1 aliphatic heterocycles. The zero-order valence-corrected chi connectivity index (χ0v) is 11.4. The molecule has 2 aromatic heterocycles. The molecular weight excluding hydrogens is 276 g/mol. The average molecular weight is 294 g/mol. The van der Waals surface area contributed by atoms with E-state index in [0.717, 1.165) is 0 Å². The Labute approximate surface area is 120 Å². The van der Waals surface area contributed by atoms with Gasteiger partial charge in [0, 0.05) is 19.5 Å². The van der Waals surface area contributed by atoms with Crippen LogP contribution in [0.1, 0.15) is 12.6 Å². The minimum Gasteiger partial charge on any atom is -0.394 e. The molecule has 2 aromatic rings. The summed E-state index contributed by atoms with van der Waals surface area (Å²) in [5, 5.41) is 22.1. The summed E-state index contributed by atoms with van der Waals surface area (Å²) in [6, 6.07) is 0. The molecule has 1 unspecified atom stereocenters. The number of hydrogen-bond donors (Lipinski definition) is 4. The van der Waals surface area contributed by atoms with Gasteiger partial charge in [0.15, 0.2) is 17.0 Å². The largest absolute Gasteiger partial charge is 0.394 e. The van der Waals surface area contributed by atoms with Crippen molar-refractivity contribution in [3.63, 3.8) is 0 Å². The van der Waals surface area contributed by atoms with Crippen molar-refractivity contribution >= 4 is 17.0 Å². The lowest BCUT2D eigenvalue weighted by molar-refractivity contribution is -0.0432. The van der Waals surface area contributed by atoms with Gasteiger partial charge in [0.05, 0.1) is 19.0 Å². The average Bonchev–Trinajstić information content (AvgIpc) is 3.08. The van der Waals surface area contributed by atoms with Crippen molar-refractivity contribution in [2.45, 2.75) is 24.9 Å². The molecule has 3 atom stereocenters. The van der Waals surface area contributed by atoms with Crippen LogP contribution in [0.5, 0.6) is 0 Å². The van der Waals surface area contributed by atoms with E-state index < -0.39 is 18.4 Å². The fourth-order valence-corrected chi connectivity index (χ4v) is 2.43. The lowest BCUT2D eigenvalue weighted by atomic mass is 10.2. The number of rotatable bonds is 5. The van der Waals surface area contributed by atoms with E-state index in [-0.39, 0.29) is 6.61 Å². The molecule has 3 heterocycles. The third-order valence-electron chi connectivity index (χ3n) is 3.49. The van der Waals surface area contributed by atoms with Gasteiger partial charge in [0.25, 0.3) is 0 Å². The summed E-state index contributed by atoms with van der Waals surface area (Å²) in [7, 11) is 0. The van der Waals surface area contributed by atoms with E-state index in [1.54, 1.807) is 10.9 Å². The molecule has 5 N–H and O–H groups in total. The molecule has 0 radical (unpaired) electrons. The highest BCUT2D eigenvalue weighted by atomic mass is 16.5. The van der Waals surface area contributed by atoms with E-state index in [0.29, 0.717) is 36.5 Å². The number of fused-ring (bicyclic) bond motifs is 1. The Kier molecular flexibility index (Phi) is 3.97. The van der Waals surface area contributed by atoms with Gasteiger partial charge < -0.3 is 26.0 Å². The lowest BCUT2D eigenvalue weighted by Gasteiger charge is -2.13. The molecule has 0 amide bonds. The minimum atomic E-state index is -0.700. The Hall–Kier alpha value is -1.81. The van der Waals surface area contributed by atoms with Gasteiger partial charge in [-0.1, -0.05) is 0 Å². The highest BCUT2D eigenvalue weighted by Gasteiger charge is 2.35.